The first-order chi connectivity index (χ1) is 8.59. The molecule has 1 aromatic rings. The van der Waals surface area contributed by atoms with Gasteiger partial charge in [-0.2, -0.15) is 0 Å². The molecule has 1 aliphatic rings. The molecule has 0 heterocycles. The van der Waals surface area contributed by atoms with Gasteiger partial charge in [-0.25, -0.2) is 8.78 Å². The van der Waals surface area contributed by atoms with Crippen LogP contribution in [0.2, 0.25) is 5.02 Å². The Hall–Kier alpha value is -0.150. The fourth-order valence-electron chi connectivity index (χ4n) is 2.61. The quantitative estimate of drug-likeness (QED) is 0.351. The SMILES string of the molecule is Fc1cc(Cl)c(C(Br)C2CCCCCC2)cc1F. The van der Waals surface area contributed by atoms with Gasteiger partial charge in [-0.3, -0.25) is 0 Å². The summed E-state index contributed by atoms with van der Waals surface area (Å²) in [6.07, 6.45) is 7.17. The first kappa shape index (κ1) is 14.3. The highest BCUT2D eigenvalue weighted by Crippen LogP contribution is 2.42. The summed E-state index contributed by atoms with van der Waals surface area (Å²) in [6, 6.07) is 2.29. The standard InChI is InChI=1S/C14H16BrClF2/c15-14(9-5-3-1-2-4-6-9)10-7-12(17)13(18)8-11(10)16/h7-9,14H,1-6H2. The average Bonchev–Trinajstić information content (AvgIpc) is 2.61. The highest BCUT2D eigenvalue weighted by Gasteiger charge is 2.24. The van der Waals surface area contributed by atoms with Crippen LogP contribution in [0.25, 0.3) is 0 Å². The lowest BCUT2D eigenvalue weighted by Gasteiger charge is -2.22. The Morgan fingerprint density at radius 3 is 2.22 bits per heavy atom. The van der Waals surface area contributed by atoms with Crippen LogP contribution in [-0.2, 0) is 0 Å². The number of hydrogen-bond donors (Lipinski definition) is 0. The summed E-state index contributed by atoms with van der Waals surface area (Å²) in [4.78, 5) is 0.0122. The number of hydrogen-bond acceptors (Lipinski definition) is 0. The van der Waals surface area contributed by atoms with E-state index in [1.165, 1.54) is 31.7 Å². The van der Waals surface area contributed by atoms with Crippen molar-refractivity contribution >= 4 is 27.5 Å². The van der Waals surface area contributed by atoms with Crippen LogP contribution < -0.4 is 0 Å². The molecule has 0 nitrogen and oxygen atoms in total. The molecule has 1 unspecified atom stereocenters. The predicted molar refractivity (Wildman–Crippen MR) is 74.2 cm³/mol. The van der Waals surface area contributed by atoms with Crippen molar-refractivity contribution in [2.75, 3.05) is 0 Å². The van der Waals surface area contributed by atoms with Crippen LogP contribution in [0.3, 0.4) is 0 Å². The molecule has 0 aromatic heterocycles. The molecule has 0 aliphatic heterocycles. The minimum atomic E-state index is -0.885. The van der Waals surface area contributed by atoms with Crippen molar-refractivity contribution in [3.8, 4) is 0 Å². The van der Waals surface area contributed by atoms with Crippen molar-refractivity contribution < 1.29 is 8.78 Å². The Balaban J connectivity index is 2.21. The smallest absolute Gasteiger partial charge is 0.160 e. The van der Waals surface area contributed by atoms with Crippen LogP contribution >= 0.6 is 27.5 Å². The van der Waals surface area contributed by atoms with E-state index in [2.05, 4.69) is 15.9 Å². The van der Waals surface area contributed by atoms with E-state index >= 15 is 0 Å². The number of benzene rings is 1. The maximum absolute atomic E-state index is 13.3. The molecule has 0 saturated heterocycles. The fourth-order valence-corrected chi connectivity index (χ4v) is 3.91. The first-order valence-electron chi connectivity index (χ1n) is 6.38. The summed E-state index contributed by atoms with van der Waals surface area (Å²) in [7, 11) is 0. The van der Waals surface area contributed by atoms with E-state index in [-0.39, 0.29) is 4.83 Å². The molecule has 1 atom stereocenters. The van der Waals surface area contributed by atoms with Crippen LogP contribution in [0.4, 0.5) is 8.78 Å². The van der Waals surface area contributed by atoms with Crippen LogP contribution in [0.1, 0.15) is 48.9 Å². The van der Waals surface area contributed by atoms with Crippen LogP contribution in [-0.4, -0.2) is 0 Å². The lowest BCUT2D eigenvalue weighted by molar-refractivity contribution is 0.451. The third kappa shape index (κ3) is 3.24. The molecule has 1 fully saturated rings. The third-order valence-corrected chi connectivity index (χ3v) is 5.22. The molecule has 1 aromatic carbocycles. The Morgan fingerprint density at radius 1 is 1.06 bits per heavy atom. The largest absolute Gasteiger partial charge is 0.204 e. The van der Waals surface area contributed by atoms with Gasteiger partial charge in [0.15, 0.2) is 11.6 Å². The van der Waals surface area contributed by atoms with E-state index < -0.39 is 11.6 Å². The van der Waals surface area contributed by atoms with Crippen molar-refractivity contribution in [2.24, 2.45) is 5.92 Å². The maximum atomic E-state index is 13.3. The van der Waals surface area contributed by atoms with Crippen molar-refractivity contribution in [3.63, 3.8) is 0 Å². The Bertz CT molecular complexity index is 415. The fraction of sp³-hybridized carbons (Fsp3) is 0.571. The second kappa shape index (κ2) is 6.33. The molecule has 0 amide bonds. The second-order valence-corrected chi connectivity index (χ2v) is 6.33. The Labute approximate surface area is 120 Å². The van der Waals surface area contributed by atoms with Crippen molar-refractivity contribution in [1.29, 1.82) is 0 Å². The van der Waals surface area contributed by atoms with Gasteiger partial charge in [0.1, 0.15) is 0 Å². The van der Waals surface area contributed by atoms with Crippen molar-refractivity contribution in [1.82, 2.24) is 0 Å². The van der Waals surface area contributed by atoms with Gasteiger partial charge < -0.3 is 0 Å². The van der Waals surface area contributed by atoms with Gasteiger partial charge in [-0.05, 0) is 36.5 Å². The molecule has 1 saturated carbocycles. The summed E-state index contributed by atoms with van der Waals surface area (Å²) in [5.74, 6) is -1.26. The van der Waals surface area contributed by atoms with Gasteiger partial charge in [0, 0.05) is 9.85 Å². The second-order valence-electron chi connectivity index (χ2n) is 4.94. The van der Waals surface area contributed by atoms with Gasteiger partial charge >= 0.3 is 0 Å². The number of rotatable bonds is 2. The summed E-state index contributed by atoms with van der Waals surface area (Å²) >= 11 is 9.64. The molecule has 2 rings (SSSR count). The molecule has 0 bridgehead atoms. The molecule has 1 aliphatic carbocycles. The van der Waals surface area contributed by atoms with E-state index in [0.717, 1.165) is 18.9 Å². The molecule has 0 N–H and O–H groups in total. The van der Waals surface area contributed by atoms with Crippen LogP contribution in [0.15, 0.2) is 12.1 Å². The third-order valence-electron chi connectivity index (χ3n) is 3.65. The van der Waals surface area contributed by atoms with E-state index in [4.69, 9.17) is 11.6 Å². The monoisotopic (exact) mass is 336 g/mol. The zero-order valence-electron chi connectivity index (χ0n) is 10.1. The zero-order valence-corrected chi connectivity index (χ0v) is 12.4. The number of halogens is 4. The lowest BCUT2D eigenvalue weighted by Crippen LogP contribution is -2.08. The average molecular weight is 338 g/mol. The molecule has 0 spiro atoms. The number of alkyl halides is 1. The van der Waals surface area contributed by atoms with Crippen LogP contribution in [0, 0.1) is 17.6 Å². The van der Waals surface area contributed by atoms with E-state index in [0.29, 0.717) is 16.5 Å². The van der Waals surface area contributed by atoms with Gasteiger partial charge in [0.2, 0.25) is 0 Å². The normalized spacial score (nSPS) is 19.6. The topological polar surface area (TPSA) is 0 Å². The predicted octanol–water partition coefficient (Wildman–Crippen LogP) is 6.02. The highest BCUT2D eigenvalue weighted by atomic mass is 79.9. The molecule has 0 radical (unpaired) electrons. The minimum Gasteiger partial charge on any atom is -0.204 e. The molecular weight excluding hydrogens is 322 g/mol. The lowest BCUT2D eigenvalue weighted by atomic mass is 9.92. The van der Waals surface area contributed by atoms with Gasteiger partial charge in [-0.15, -0.1) is 0 Å². The molecule has 4 heteroatoms. The molecule has 100 valence electrons. The molecular formula is C14H16BrClF2. The summed E-state index contributed by atoms with van der Waals surface area (Å²) in [6.45, 7) is 0. The van der Waals surface area contributed by atoms with E-state index in [9.17, 15) is 8.78 Å². The van der Waals surface area contributed by atoms with Gasteiger partial charge in [0.25, 0.3) is 0 Å². The Kier molecular flexibility index (Phi) is 5.02. The maximum Gasteiger partial charge on any atom is 0.160 e. The molecule has 18 heavy (non-hydrogen) atoms. The summed E-state index contributed by atoms with van der Waals surface area (Å²) < 4.78 is 26.4. The summed E-state index contributed by atoms with van der Waals surface area (Å²) in [5, 5.41) is 0.306. The van der Waals surface area contributed by atoms with Gasteiger partial charge in [0.05, 0.1) is 0 Å². The van der Waals surface area contributed by atoms with Gasteiger partial charge in [-0.1, -0.05) is 53.2 Å². The zero-order chi connectivity index (χ0) is 13.1. The Morgan fingerprint density at radius 2 is 1.61 bits per heavy atom. The highest BCUT2D eigenvalue weighted by molar-refractivity contribution is 9.09. The minimum absolute atomic E-state index is 0.0122. The van der Waals surface area contributed by atoms with E-state index in [1.54, 1.807) is 0 Å². The summed E-state index contributed by atoms with van der Waals surface area (Å²) in [5.41, 5.74) is 0.669. The first-order valence-corrected chi connectivity index (χ1v) is 7.67. The van der Waals surface area contributed by atoms with Crippen molar-refractivity contribution in [3.05, 3.63) is 34.4 Å². The van der Waals surface area contributed by atoms with Crippen LogP contribution in [0.5, 0.6) is 0 Å². The van der Waals surface area contributed by atoms with E-state index in [1.807, 2.05) is 0 Å². The van der Waals surface area contributed by atoms with Crippen molar-refractivity contribution in [2.45, 2.75) is 43.4 Å².